The zero-order valence-corrected chi connectivity index (χ0v) is 8.07. The van der Waals surface area contributed by atoms with E-state index in [2.05, 4.69) is 4.72 Å². The van der Waals surface area contributed by atoms with E-state index < -0.39 is 11.5 Å². The maximum Gasteiger partial charge on any atom is 0.328 e. The highest BCUT2D eigenvalue weighted by molar-refractivity contribution is 8.01. The number of carboxylic acid groups (broad SMARTS) is 1. The minimum absolute atomic E-state index is 0.582. The van der Waals surface area contributed by atoms with E-state index in [0.29, 0.717) is 6.42 Å². The van der Waals surface area contributed by atoms with Crippen LogP contribution < -0.4 is 4.72 Å². The number of hydrogen-bond donors (Lipinski definition) is 2. The predicted molar refractivity (Wildman–Crippen MR) is 49.8 cm³/mol. The summed E-state index contributed by atoms with van der Waals surface area (Å²) in [4.78, 5) is 12.0. The van der Waals surface area contributed by atoms with E-state index in [4.69, 9.17) is 5.11 Å². The van der Waals surface area contributed by atoms with Crippen LogP contribution in [0.2, 0.25) is 0 Å². The average molecular weight is 187 g/mol. The Morgan fingerprint density at radius 3 is 2.67 bits per heavy atom. The lowest BCUT2D eigenvalue weighted by molar-refractivity contribution is -0.141. The summed E-state index contributed by atoms with van der Waals surface area (Å²) in [6.45, 7) is 3.89. The molecule has 1 aliphatic rings. The molecule has 0 fully saturated rings. The molecule has 3 nitrogen and oxygen atoms in total. The van der Waals surface area contributed by atoms with E-state index in [9.17, 15) is 4.79 Å². The topological polar surface area (TPSA) is 49.3 Å². The molecule has 0 aliphatic carbocycles. The zero-order chi connectivity index (χ0) is 9.19. The van der Waals surface area contributed by atoms with Crippen molar-refractivity contribution in [2.45, 2.75) is 32.2 Å². The van der Waals surface area contributed by atoms with Gasteiger partial charge in [0, 0.05) is 0 Å². The lowest BCUT2D eigenvalue weighted by atomic mass is 9.97. The van der Waals surface area contributed by atoms with Crippen molar-refractivity contribution in [1.82, 2.24) is 4.72 Å². The standard InChI is InChI=1S/C8H13NO2S/c1-3-6-5-8(4-2,7(10)11)9-12-6/h5,9H,3-4H2,1-2H3,(H,10,11). The van der Waals surface area contributed by atoms with Gasteiger partial charge in [-0.1, -0.05) is 13.8 Å². The number of allylic oxidation sites excluding steroid dienone is 1. The maximum atomic E-state index is 10.9. The minimum atomic E-state index is -0.823. The second kappa shape index (κ2) is 3.49. The molecule has 2 N–H and O–H groups in total. The van der Waals surface area contributed by atoms with Crippen LogP contribution in [-0.2, 0) is 4.79 Å². The third-order valence-electron chi connectivity index (χ3n) is 2.06. The van der Waals surface area contributed by atoms with Gasteiger partial charge in [0.1, 0.15) is 5.54 Å². The van der Waals surface area contributed by atoms with Gasteiger partial charge in [0.05, 0.1) is 0 Å². The molecular formula is C8H13NO2S. The van der Waals surface area contributed by atoms with Crippen molar-refractivity contribution in [3.8, 4) is 0 Å². The fourth-order valence-corrected chi connectivity index (χ4v) is 2.10. The van der Waals surface area contributed by atoms with Crippen molar-refractivity contribution in [1.29, 1.82) is 0 Å². The largest absolute Gasteiger partial charge is 0.480 e. The lowest BCUT2D eigenvalue weighted by Gasteiger charge is -2.19. The van der Waals surface area contributed by atoms with E-state index in [1.807, 2.05) is 19.9 Å². The van der Waals surface area contributed by atoms with Crippen molar-refractivity contribution in [2.24, 2.45) is 0 Å². The summed E-state index contributed by atoms with van der Waals surface area (Å²) in [5.74, 6) is -0.791. The minimum Gasteiger partial charge on any atom is -0.480 e. The van der Waals surface area contributed by atoms with Crippen molar-refractivity contribution < 1.29 is 9.90 Å². The first-order valence-electron chi connectivity index (χ1n) is 4.03. The number of carboxylic acids is 1. The maximum absolute atomic E-state index is 10.9. The molecule has 1 rings (SSSR count). The molecule has 0 radical (unpaired) electrons. The van der Waals surface area contributed by atoms with Crippen LogP contribution in [0, 0.1) is 0 Å². The first-order valence-corrected chi connectivity index (χ1v) is 4.85. The van der Waals surface area contributed by atoms with Gasteiger partial charge in [0.15, 0.2) is 0 Å². The van der Waals surface area contributed by atoms with E-state index >= 15 is 0 Å². The van der Waals surface area contributed by atoms with Gasteiger partial charge in [0.25, 0.3) is 0 Å². The highest BCUT2D eigenvalue weighted by atomic mass is 32.2. The van der Waals surface area contributed by atoms with Gasteiger partial charge in [0.2, 0.25) is 0 Å². The van der Waals surface area contributed by atoms with E-state index in [-0.39, 0.29) is 0 Å². The molecule has 1 unspecified atom stereocenters. The molecule has 1 aliphatic heterocycles. The van der Waals surface area contributed by atoms with Crippen molar-refractivity contribution in [3.63, 3.8) is 0 Å². The third kappa shape index (κ3) is 1.49. The molecule has 0 saturated carbocycles. The molecule has 0 aromatic carbocycles. The normalized spacial score (nSPS) is 28.7. The van der Waals surface area contributed by atoms with E-state index in [1.54, 1.807) is 0 Å². The quantitative estimate of drug-likeness (QED) is 0.661. The molecular weight excluding hydrogens is 174 g/mol. The molecule has 12 heavy (non-hydrogen) atoms. The van der Waals surface area contributed by atoms with Crippen LogP contribution in [0.15, 0.2) is 11.0 Å². The molecule has 0 amide bonds. The number of carbonyl (C=O) groups is 1. The van der Waals surface area contributed by atoms with Crippen LogP contribution in [0.1, 0.15) is 26.7 Å². The number of nitrogens with one attached hydrogen (secondary N) is 1. The summed E-state index contributed by atoms with van der Waals surface area (Å²) in [5, 5.41) is 8.96. The summed E-state index contributed by atoms with van der Waals surface area (Å²) in [7, 11) is 0. The Labute approximate surface area is 76.4 Å². The van der Waals surface area contributed by atoms with E-state index in [0.717, 1.165) is 11.3 Å². The Bertz CT molecular complexity index is 227. The fraction of sp³-hybridized carbons (Fsp3) is 0.625. The van der Waals surface area contributed by atoms with Crippen LogP contribution in [-0.4, -0.2) is 16.6 Å². The molecule has 0 spiro atoms. The lowest BCUT2D eigenvalue weighted by Crippen LogP contribution is -2.44. The molecule has 1 heterocycles. The first-order chi connectivity index (χ1) is 5.64. The fourth-order valence-electron chi connectivity index (χ4n) is 1.10. The van der Waals surface area contributed by atoms with Gasteiger partial charge < -0.3 is 5.11 Å². The Morgan fingerprint density at radius 2 is 2.42 bits per heavy atom. The van der Waals surface area contributed by atoms with Gasteiger partial charge in [-0.05, 0) is 35.8 Å². The van der Waals surface area contributed by atoms with Crippen LogP contribution in [0.5, 0.6) is 0 Å². The number of rotatable bonds is 3. The Kier molecular flexibility index (Phi) is 2.80. The summed E-state index contributed by atoms with van der Waals surface area (Å²) in [6.07, 6.45) is 3.30. The van der Waals surface area contributed by atoms with Crippen molar-refractivity contribution in [2.75, 3.05) is 0 Å². The average Bonchev–Trinajstić information content (AvgIpc) is 2.48. The second-order valence-corrected chi connectivity index (χ2v) is 3.73. The van der Waals surface area contributed by atoms with Crippen LogP contribution in [0.25, 0.3) is 0 Å². The van der Waals surface area contributed by atoms with Crippen LogP contribution in [0.4, 0.5) is 0 Å². The summed E-state index contributed by atoms with van der Waals surface area (Å²) in [5.41, 5.74) is -0.823. The summed E-state index contributed by atoms with van der Waals surface area (Å²) >= 11 is 1.43. The molecule has 4 heteroatoms. The molecule has 1 atom stereocenters. The van der Waals surface area contributed by atoms with Gasteiger partial charge in [-0.15, -0.1) is 0 Å². The smallest absolute Gasteiger partial charge is 0.328 e. The van der Waals surface area contributed by atoms with Crippen LogP contribution in [0.3, 0.4) is 0 Å². The first kappa shape index (κ1) is 9.61. The SMILES string of the molecule is CCC1=CC(CC)(C(=O)O)NS1. The Balaban J connectivity index is 2.85. The molecule has 0 aromatic heterocycles. The van der Waals surface area contributed by atoms with E-state index in [1.165, 1.54) is 11.9 Å². The highest BCUT2D eigenvalue weighted by Crippen LogP contribution is 2.32. The summed E-state index contributed by atoms with van der Waals surface area (Å²) in [6, 6.07) is 0. The molecule has 0 saturated heterocycles. The monoisotopic (exact) mass is 187 g/mol. The zero-order valence-electron chi connectivity index (χ0n) is 7.26. The van der Waals surface area contributed by atoms with Gasteiger partial charge in [-0.25, -0.2) is 9.52 Å². The summed E-state index contributed by atoms with van der Waals surface area (Å²) < 4.78 is 2.94. The van der Waals surface area contributed by atoms with Crippen molar-refractivity contribution >= 4 is 17.9 Å². The van der Waals surface area contributed by atoms with Gasteiger partial charge in [-0.3, -0.25) is 0 Å². The highest BCUT2D eigenvalue weighted by Gasteiger charge is 2.38. The number of hydrogen-bond acceptors (Lipinski definition) is 3. The molecule has 0 aromatic rings. The van der Waals surface area contributed by atoms with Crippen molar-refractivity contribution in [3.05, 3.63) is 11.0 Å². The van der Waals surface area contributed by atoms with Gasteiger partial charge in [-0.2, -0.15) is 0 Å². The Hall–Kier alpha value is -0.480. The number of aliphatic carboxylic acids is 1. The van der Waals surface area contributed by atoms with Gasteiger partial charge >= 0.3 is 5.97 Å². The molecule has 68 valence electrons. The molecule has 0 bridgehead atoms. The predicted octanol–water partition coefficient (Wildman–Crippen LogP) is 1.77. The Morgan fingerprint density at radius 1 is 1.75 bits per heavy atom. The third-order valence-corrected chi connectivity index (χ3v) is 3.19. The second-order valence-electron chi connectivity index (χ2n) is 2.80. The van der Waals surface area contributed by atoms with Crippen LogP contribution >= 0.6 is 11.9 Å².